The number of halogens is 1. The summed E-state index contributed by atoms with van der Waals surface area (Å²) < 4.78 is 12.3. The van der Waals surface area contributed by atoms with E-state index in [1.54, 1.807) is 18.7 Å². The normalized spacial score (nSPS) is 33.4. The molecule has 0 radical (unpaired) electrons. The molecule has 2 bridgehead atoms. The lowest BCUT2D eigenvalue weighted by Crippen LogP contribution is -2.40. The van der Waals surface area contributed by atoms with Gasteiger partial charge in [-0.25, -0.2) is 0 Å². The van der Waals surface area contributed by atoms with Crippen molar-refractivity contribution in [3.8, 4) is 0 Å². The topological polar surface area (TPSA) is 55.8 Å². The average Bonchev–Trinajstić information content (AvgIpc) is 3.15. The lowest BCUT2D eigenvalue weighted by Gasteiger charge is -2.23. The Hall–Kier alpha value is -1.66. The number of esters is 1. The maximum Gasteiger partial charge on any atom is 0.313 e. The molecule has 0 unspecified atom stereocenters. The maximum absolute atomic E-state index is 13.1. The van der Waals surface area contributed by atoms with Crippen molar-refractivity contribution in [2.24, 2.45) is 11.8 Å². The first-order valence-corrected chi connectivity index (χ1v) is 8.86. The van der Waals surface area contributed by atoms with Crippen molar-refractivity contribution in [1.29, 1.82) is 0 Å². The number of amides is 1. The van der Waals surface area contributed by atoms with Gasteiger partial charge >= 0.3 is 5.97 Å². The SMILES string of the molecule is CC(C)OC(=O)[C@H]1[C@@H]2C=C[C@]3(CN(c4ccccc4Br)C(=O)[C@@H]13)O2. The summed E-state index contributed by atoms with van der Waals surface area (Å²) in [6, 6.07) is 7.57. The Morgan fingerprint density at radius 2 is 2.17 bits per heavy atom. The van der Waals surface area contributed by atoms with E-state index in [9.17, 15) is 9.59 Å². The monoisotopic (exact) mass is 391 g/mol. The second-order valence-electron chi connectivity index (χ2n) is 6.76. The van der Waals surface area contributed by atoms with Crippen LogP contribution in [0.2, 0.25) is 0 Å². The van der Waals surface area contributed by atoms with E-state index in [4.69, 9.17) is 9.47 Å². The summed E-state index contributed by atoms with van der Waals surface area (Å²) in [5, 5.41) is 0. The zero-order valence-electron chi connectivity index (χ0n) is 13.4. The summed E-state index contributed by atoms with van der Waals surface area (Å²) in [5.74, 6) is -1.53. The van der Waals surface area contributed by atoms with Gasteiger partial charge in [-0.15, -0.1) is 0 Å². The second kappa shape index (κ2) is 5.43. The van der Waals surface area contributed by atoms with Crippen LogP contribution in [0.15, 0.2) is 40.9 Å². The summed E-state index contributed by atoms with van der Waals surface area (Å²) in [4.78, 5) is 27.3. The molecular weight excluding hydrogens is 374 g/mol. The number of carbonyl (C=O) groups is 2. The van der Waals surface area contributed by atoms with Crippen molar-refractivity contribution >= 4 is 33.5 Å². The summed E-state index contributed by atoms with van der Waals surface area (Å²) in [6.07, 6.45) is 3.24. The fourth-order valence-corrected chi connectivity index (χ4v) is 4.45. The molecule has 3 aliphatic heterocycles. The molecule has 1 aromatic carbocycles. The first kappa shape index (κ1) is 15.8. The highest BCUT2D eigenvalue weighted by Gasteiger charge is 2.67. The van der Waals surface area contributed by atoms with Gasteiger partial charge in [0.05, 0.1) is 30.4 Å². The van der Waals surface area contributed by atoms with Crippen LogP contribution >= 0.6 is 15.9 Å². The first-order valence-electron chi connectivity index (χ1n) is 8.06. The minimum atomic E-state index is -0.725. The standard InChI is InChI=1S/C18H18BrNO4/c1-10(2)23-17(22)14-13-7-8-18(24-13)9-20(16(21)15(14)18)12-6-4-3-5-11(12)19/h3-8,10,13-15H,9H2,1-2H3/t13-,14-,15+,18+/m0/s1. The lowest BCUT2D eigenvalue weighted by molar-refractivity contribution is -0.156. The van der Waals surface area contributed by atoms with E-state index in [-0.39, 0.29) is 24.1 Å². The van der Waals surface area contributed by atoms with E-state index in [1.807, 2.05) is 36.4 Å². The number of para-hydroxylation sites is 1. The molecule has 1 amide bonds. The minimum Gasteiger partial charge on any atom is -0.463 e. The summed E-state index contributed by atoms with van der Waals surface area (Å²) in [6.45, 7) is 4.03. The van der Waals surface area contributed by atoms with Gasteiger partial charge in [0.1, 0.15) is 11.5 Å². The van der Waals surface area contributed by atoms with E-state index in [0.29, 0.717) is 6.54 Å². The molecule has 24 heavy (non-hydrogen) atoms. The Bertz CT molecular complexity index is 746. The number of ether oxygens (including phenoxy) is 2. The van der Waals surface area contributed by atoms with Crippen LogP contribution in [-0.4, -0.2) is 36.2 Å². The zero-order chi connectivity index (χ0) is 17.1. The van der Waals surface area contributed by atoms with Gasteiger partial charge in [0, 0.05) is 4.47 Å². The van der Waals surface area contributed by atoms with Crippen LogP contribution in [0.3, 0.4) is 0 Å². The summed E-state index contributed by atoms with van der Waals surface area (Å²) >= 11 is 3.50. The Morgan fingerprint density at radius 3 is 2.88 bits per heavy atom. The van der Waals surface area contributed by atoms with E-state index >= 15 is 0 Å². The first-order chi connectivity index (χ1) is 11.4. The molecule has 0 aliphatic carbocycles. The molecule has 4 atom stereocenters. The number of nitrogens with zero attached hydrogens (tertiary/aromatic N) is 1. The fourth-order valence-electron chi connectivity index (χ4n) is 3.95. The van der Waals surface area contributed by atoms with Crippen molar-refractivity contribution in [2.45, 2.75) is 31.7 Å². The predicted molar refractivity (Wildman–Crippen MR) is 91.4 cm³/mol. The van der Waals surface area contributed by atoms with E-state index in [2.05, 4.69) is 15.9 Å². The fraction of sp³-hybridized carbons (Fsp3) is 0.444. The number of anilines is 1. The van der Waals surface area contributed by atoms with Crippen LogP contribution < -0.4 is 4.90 Å². The second-order valence-corrected chi connectivity index (χ2v) is 7.62. The number of hydrogen-bond donors (Lipinski definition) is 0. The number of benzene rings is 1. The van der Waals surface area contributed by atoms with Gasteiger partial charge in [0.25, 0.3) is 0 Å². The van der Waals surface area contributed by atoms with Crippen LogP contribution in [0.25, 0.3) is 0 Å². The third-order valence-electron chi connectivity index (χ3n) is 4.87. The highest BCUT2D eigenvalue weighted by Crippen LogP contribution is 2.53. The van der Waals surface area contributed by atoms with Gasteiger partial charge in [-0.3, -0.25) is 9.59 Å². The van der Waals surface area contributed by atoms with Gasteiger partial charge in [-0.1, -0.05) is 24.3 Å². The number of hydrogen-bond acceptors (Lipinski definition) is 4. The molecule has 3 heterocycles. The number of rotatable bonds is 3. The zero-order valence-corrected chi connectivity index (χ0v) is 15.0. The molecule has 1 aromatic rings. The van der Waals surface area contributed by atoms with Gasteiger partial charge in [-0.05, 0) is 41.9 Å². The van der Waals surface area contributed by atoms with Crippen molar-refractivity contribution in [3.63, 3.8) is 0 Å². The predicted octanol–water partition coefficient (Wildman–Crippen LogP) is 2.69. The Balaban J connectivity index is 1.69. The van der Waals surface area contributed by atoms with Gasteiger partial charge in [-0.2, -0.15) is 0 Å². The minimum absolute atomic E-state index is 0.0838. The summed E-state index contributed by atoms with van der Waals surface area (Å²) in [5.41, 5.74) is 0.0697. The van der Waals surface area contributed by atoms with Crippen LogP contribution in [-0.2, 0) is 19.1 Å². The largest absolute Gasteiger partial charge is 0.463 e. The number of carbonyl (C=O) groups excluding carboxylic acids is 2. The van der Waals surface area contributed by atoms with Crippen molar-refractivity contribution in [1.82, 2.24) is 0 Å². The molecule has 0 saturated carbocycles. The van der Waals surface area contributed by atoms with Crippen molar-refractivity contribution < 1.29 is 19.1 Å². The van der Waals surface area contributed by atoms with Crippen LogP contribution in [0, 0.1) is 11.8 Å². The molecule has 1 spiro atoms. The Kier molecular flexibility index (Phi) is 3.58. The molecule has 0 aromatic heterocycles. The van der Waals surface area contributed by atoms with E-state index < -0.39 is 17.4 Å². The maximum atomic E-state index is 13.1. The highest BCUT2D eigenvalue weighted by molar-refractivity contribution is 9.10. The Morgan fingerprint density at radius 1 is 1.42 bits per heavy atom. The third-order valence-corrected chi connectivity index (χ3v) is 5.54. The quantitative estimate of drug-likeness (QED) is 0.587. The smallest absolute Gasteiger partial charge is 0.313 e. The molecular formula is C18H18BrNO4. The molecule has 0 N–H and O–H groups in total. The number of fused-ring (bicyclic) bond motifs is 1. The van der Waals surface area contributed by atoms with Crippen molar-refractivity contribution in [2.75, 3.05) is 11.4 Å². The lowest BCUT2D eigenvalue weighted by atomic mass is 9.77. The van der Waals surface area contributed by atoms with Gasteiger partial charge in [0.2, 0.25) is 5.91 Å². The molecule has 4 rings (SSSR count). The molecule has 2 saturated heterocycles. The van der Waals surface area contributed by atoms with Crippen molar-refractivity contribution in [3.05, 3.63) is 40.9 Å². The van der Waals surface area contributed by atoms with Gasteiger partial charge in [0.15, 0.2) is 0 Å². The van der Waals surface area contributed by atoms with E-state index in [1.165, 1.54) is 0 Å². The van der Waals surface area contributed by atoms with E-state index in [0.717, 1.165) is 10.2 Å². The Labute approximate surface area is 148 Å². The highest BCUT2D eigenvalue weighted by atomic mass is 79.9. The summed E-state index contributed by atoms with van der Waals surface area (Å²) in [7, 11) is 0. The average molecular weight is 392 g/mol. The van der Waals surface area contributed by atoms with Crippen LogP contribution in [0.5, 0.6) is 0 Å². The molecule has 2 fully saturated rings. The third kappa shape index (κ3) is 2.16. The van der Waals surface area contributed by atoms with Crippen LogP contribution in [0.1, 0.15) is 13.8 Å². The van der Waals surface area contributed by atoms with Gasteiger partial charge < -0.3 is 14.4 Å². The molecule has 6 heteroatoms. The van der Waals surface area contributed by atoms with Crippen LogP contribution in [0.4, 0.5) is 5.69 Å². The molecule has 3 aliphatic rings. The molecule has 5 nitrogen and oxygen atoms in total. The molecule has 126 valence electrons.